The number of hydroxylamine groups is 2. The summed E-state index contributed by atoms with van der Waals surface area (Å²) in [5.41, 5.74) is 5.42. The van der Waals surface area contributed by atoms with Crippen LogP contribution < -0.4 is 51.3 Å². The maximum Gasteiger partial charge on any atom is 0.534 e. The van der Waals surface area contributed by atoms with Crippen LogP contribution in [0, 0.1) is 46.3 Å². The third-order valence-corrected chi connectivity index (χ3v) is 27.0. The zero-order valence-corrected chi connectivity index (χ0v) is 76.2. The van der Waals surface area contributed by atoms with E-state index in [1.54, 1.807) is 51.1 Å². The molecule has 0 spiro atoms. The molecule has 4 aromatic heterocycles. The van der Waals surface area contributed by atoms with E-state index in [2.05, 4.69) is 31.4 Å². The number of aromatic nitrogens is 4. The molecule has 686 valence electrons. The van der Waals surface area contributed by atoms with Crippen molar-refractivity contribution in [2.45, 2.75) is 244 Å². The highest BCUT2D eigenvalue weighted by molar-refractivity contribution is 7.14. The van der Waals surface area contributed by atoms with Gasteiger partial charge in [0, 0.05) is 95.1 Å². The summed E-state index contributed by atoms with van der Waals surface area (Å²) in [6.07, 6.45) is -2.50. The molecule has 2 aromatic carbocycles. The Morgan fingerprint density at radius 2 is 1.01 bits per heavy atom. The van der Waals surface area contributed by atoms with Gasteiger partial charge in [-0.05, 0) is 113 Å². The Morgan fingerprint density at radius 1 is 0.587 bits per heavy atom. The molecule has 16 atom stereocenters. The molecule has 7 amide bonds. The van der Waals surface area contributed by atoms with Crippen molar-refractivity contribution in [3.63, 3.8) is 0 Å². The quantitative estimate of drug-likeness (QED) is 0.0115. The summed E-state index contributed by atoms with van der Waals surface area (Å²) < 4.78 is 93.1. The maximum atomic E-state index is 14.7. The van der Waals surface area contributed by atoms with E-state index >= 15 is 0 Å². The number of imide groups is 1. The number of ether oxygens (including phenoxy) is 7. The van der Waals surface area contributed by atoms with Gasteiger partial charge >= 0.3 is 24.2 Å². The number of nitrogens with two attached hydrogens (primary N) is 1. The molecule has 3 aliphatic heterocycles. The first-order valence-electron chi connectivity index (χ1n) is 41.7. The number of carbonyl (C=O) groups is 10. The minimum Gasteiger partial charge on any atom is -0.495 e. The van der Waals surface area contributed by atoms with Crippen molar-refractivity contribution in [3.05, 3.63) is 57.2 Å². The lowest BCUT2D eigenvalue weighted by Crippen LogP contribution is -2.59. The minimum absolute atomic E-state index is 0. The van der Waals surface area contributed by atoms with Gasteiger partial charge in [-0.25, -0.2) is 56.7 Å². The van der Waals surface area contributed by atoms with Crippen LogP contribution in [-0.4, -0.2) is 218 Å². The predicted molar refractivity (Wildman–Crippen MR) is 460 cm³/mol. The lowest BCUT2D eigenvalue weighted by atomic mass is 9.85. The van der Waals surface area contributed by atoms with Crippen molar-refractivity contribution in [3.8, 4) is 45.8 Å². The Balaban J connectivity index is 0.000000190. The molecule has 8 N–H and O–H groups in total. The number of esters is 1. The summed E-state index contributed by atoms with van der Waals surface area (Å²) in [7, 11) is 4.33. The molecule has 32 nitrogen and oxygen atoms in total. The number of pyridine rings is 2. The van der Waals surface area contributed by atoms with Gasteiger partial charge < -0.3 is 80.4 Å². The average molecular weight is 1860 g/mol. The molecule has 6 saturated carbocycles. The second kappa shape index (κ2) is 36.8. The van der Waals surface area contributed by atoms with Gasteiger partial charge in [0.1, 0.15) is 98.1 Å². The summed E-state index contributed by atoms with van der Waals surface area (Å²) in [5, 5.41) is 32.4. The van der Waals surface area contributed by atoms with Crippen molar-refractivity contribution in [2.75, 3.05) is 45.1 Å². The number of hydrogen-bond donors (Lipinski definition) is 7. The van der Waals surface area contributed by atoms with E-state index in [1.165, 1.54) is 53.8 Å². The number of fused-ring (bicyclic) bond motifs is 4. The number of likely N-dealkylation sites (tertiary alicyclic amines) is 2. The van der Waals surface area contributed by atoms with E-state index in [4.69, 9.17) is 82.0 Å². The number of alkyl halides is 4. The smallest absolute Gasteiger partial charge is 0.495 e. The molecule has 2 unspecified atom stereocenters. The maximum absolute atomic E-state index is 14.7. The van der Waals surface area contributed by atoms with E-state index in [0.29, 0.717) is 102 Å². The summed E-state index contributed by atoms with van der Waals surface area (Å²) >= 11 is 16.4. The van der Waals surface area contributed by atoms with Crippen LogP contribution in [0.5, 0.6) is 23.0 Å². The number of carboxylic acids is 1. The summed E-state index contributed by atoms with van der Waals surface area (Å²) in [5.74, 6) is -12.1. The highest BCUT2D eigenvalue weighted by atomic mass is 35.5. The highest BCUT2D eigenvalue weighted by Crippen LogP contribution is 2.66. The number of hydrogen-bond acceptors (Lipinski definition) is 27. The van der Waals surface area contributed by atoms with Gasteiger partial charge in [0.25, 0.3) is 23.7 Å². The molecular weight excluding hydrogens is 1750 g/mol. The number of anilines is 2. The van der Waals surface area contributed by atoms with Crippen molar-refractivity contribution in [1.82, 2.24) is 50.7 Å². The lowest BCUT2D eigenvalue weighted by Gasteiger charge is -2.35. The molecule has 15 rings (SSSR count). The summed E-state index contributed by atoms with van der Waals surface area (Å²) in [4.78, 5) is 155. The van der Waals surface area contributed by atoms with Crippen LogP contribution in [0.4, 0.5) is 37.4 Å². The number of amides is 7. The number of carboxylic acid groups (broad SMARTS) is 1. The number of thiazole rings is 2. The zero-order valence-electron chi connectivity index (χ0n) is 72.3. The number of halogens is 7. The van der Waals surface area contributed by atoms with Crippen molar-refractivity contribution in [1.29, 1.82) is 0 Å². The van der Waals surface area contributed by atoms with Crippen LogP contribution in [0.1, 0.15) is 160 Å². The number of nitrogens with one attached hydrogen (secondary N) is 5. The third-order valence-electron chi connectivity index (χ3n) is 24.7. The highest BCUT2D eigenvalue weighted by Gasteiger charge is 2.73. The molecular formula is C85H106Cl3F4N13O19S2. The van der Waals surface area contributed by atoms with Crippen LogP contribution in [0.2, 0.25) is 10.0 Å². The fourth-order valence-corrected chi connectivity index (χ4v) is 19.6. The van der Waals surface area contributed by atoms with E-state index in [0.717, 1.165) is 5.13 Å². The zero-order chi connectivity index (χ0) is 91.0. The third kappa shape index (κ3) is 19.7. The first-order valence-corrected chi connectivity index (χ1v) is 44.2. The number of aliphatic carboxylic acids is 1. The molecule has 41 heteroatoms. The van der Waals surface area contributed by atoms with E-state index in [-0.39, 0.29) is 118 Å². The van der Waals surface area contributed by atoms with Crippen LogP contribution in [-0.2, 0) is 57.4 Å². The number of rotatable bonds is 26. The topological polar surface area (TPSA) is 412 Å². The second-order valence-electron chi connectivity index (χ2n) is 36.1. The predicted octanol–water partition coefficient (Wildman–Crippen LogP) is 13.4. The number of methoxy groups -OCH3 is 3. The second-order valence-corrected chi connectivity index (χ2v) is 38.6. The van der Waals surface area contributed by atoms with E-state index in [9.17, 15) is 70.6 Å². The number of benzene rings is 2. The van der Waals surface area contributed by atoms with Gasteiger partial charge in [0.2, 0.25) is 23.6 Å². The van der Waals surface area contributed by atoms with Crippen LogP contribution in [0.15, 0.2) is 47.2 Å². The normalized spacial score (nSPS) is 26.7. The van der Waals surface area contributed by atoms with Crippen molar-refractivity contribution in [2.24, 2.45) is 52.1 Å². The van der Waals surface area contributed by atoms with Crippen LogP contribution in [0.25, 0.3) is 44.6 Å². The van der Waals surface area contributed by atoms with Crippen LogP contribution in [0.3, 0.4) is 0 Å². The van der Waals surface area contributed by atoms with Crippen molar-refractivity contribution >= 4 is 150 Å². The first-order chi connectivity index (χ1) is 58.8. The number of alkyl carbamates (subject to hydrolysis) is 1. The molecule has 0 bridgehead atoms. The van der Waals surface area contributed by atoms with Crippen molar-refractivity contribution < 1.29 is 109 Å². The molecule has 7 heterocycles. The van der Waals surface area contributed by atoms with Gasteiger partial charge in [-0.15, -0.1) is 35.1 Å². The Kier molecular flexibility index (Phi) is 27.9. The fraction of sp³-hybridized carbons (Fsp3) is 0.600. The Labute approximate surface area is 748 Å². The number of carbonyl (C=O) groups excluding carboxylic acids is 9. The monoisotopic (exact) mass is 1860 g/mol. The molecule has 9 fully saturated rings. The van der Waals surface area contributed by atoms with Gasteiger partial charge in [0.05, 0.1) is 62.9 Å². The molecule has 9 aliphatic rings. The SMILES string of the molecule is CC[C@@H]1C[C@]1(NC(=O)[C@@H]1C[C@@H](Oc2cc(-c3csc(NC(C)C)n3)nc3c(Cl)c(OC)ccc23)CN1C(=O)[C@@H](N)C(C)(C)C)C(=O)OC.CC[C@@H]1C[C@]1(NC(=O)[C@@H]1C[C@@H](Oc2cc(-c3csc(NC(C)C)n3)nc3c(Cl)c(OC)ccc23)CN1C(=O)[C@@H](NC(=O)OC1C[C@@H]2[C@H](C1)C2(F)F)C(C)(C)C)C(=O)O.Cl.O=C(OC1C[C@@H]2[C@H](C1)C2(F)F)ON1C(=O)CCC1=O. The number of nitrogens with zero attached hydrogens (tertiary/aromatic N) is 7. The van der Waals surface area contributed by atoms with Crippen LogP contribution >= 0.6 is 58.3 Å². The molecule has 6 aromatic rings. The first kappa shape index (κ1) is 95.5. The van der Waals surface area contributed by atoms with E-state index in [1.807, 2.05) is 79.1 Å². The average Bonchev–Trinajstić information content (AvgIpc) is 1.56. The Bertz CT molecular complexity index is 5170. The largest absolute Gasteiger partial charge is 0.534 e. The minimum atomic E-state index is -2.74. The molecule has 6 aliphatic carbocycles. The molecule has 0 radical (unpaired) electrons. The summed E-state index contributed by atoms with van der Waals surface area (Å²) in [6.45, 7) is 22.7. The molecule has 3 saturated heterocycles. The standard InChI is InChI=1S/C40H49ClF2N6O8S.C34H45ClN6O6S.C11H11F2NO5.ClH/c1-8-19-15-39(19,35(52)53)48-33(50)27-13-21(16-49(27)34(51)32(38(4,5)6)47-37(54)57-20-11-23-24(12-20)40(23,42)43)56-29-14-25(26-17-58-36(46-26)44-18(2)3)45-31-22(29)9-10-28(55-7)30(31)41;1-9-18-14-34(18,31(44)46-8)40-29(42)23-12-19(15-41(23)30(43)28(36)33(4,5)6)47-25-13-21(22-16-48-32(39-22)37-17(2)3)38-27-20(25)10-11-24(45-7)26(27)35;12-11(13)6-3-5(4-7(6)11)18-10(17)19-14-8(15)1-2-9(14)16;/h9-10,14,17-21,23-24,27,32H,8,11-13,15-16H2,1-7H3,(H,44,46)(H,47,54)(H,48,50)(H,52,53);10-11,13,16-19,23,28H,9,12,14-15,36H2,1-8H3,(H,37,39)(H,40,42);5-7H,1-4H2;1H/t19-,20?,21-,23-,24+,27+,32-,39-;18-,19-,23+,28-,34-;5?,6-,7+;/m11../s1. The summed E-state index contributed by atoms with van der Waals surface area (Å²) in [6, 6.07) is 6.63. The Morgan fingerprint density at radius 3 is 1.40 bits per heavy atom. The fourth-order valence-electron chi connectivity index (χ4n) is 17.3. The van der Waals surface area contributed by atoms with Gasteiger partial charge in [-0.2, -0.15) is 0 Å². The lowest BCUT2D eigenvalue weighted by molar-refractivity contribution is -0.178. The van der Waals surface area contributed by atoms with Gasteiger partial charge in [-0.1, -0.05) is 96.5 Å². The van der Waals surface area contributed by atoms with E-state index < -0.39 is 160 Å². The van der Waals surface area contributed by atoms with Gasteiger partial charge in [0.15, 0.2) is 10.3 Å². The van der Waals surface area contributed by atoms with Gasteiger partial charge in [-0.3, -0.25) is 33.6 Å². The Hall–Kier alpha value is -9.63. The molecule has 126 heavy (non-hydrogen) atoms.